The summed E-state index contributed by atoms with van der Waals surface area (Å²) in [6.07, 6.45) is 12.1. The van der Waals surface area contributed by atoms with Crippen LogP contribution >= 0.6 is 11.8 Å². The van der Waals surface area contributed by atoms with Gasteiger partial charge < -0.3 is 19.6 Å². The van der Waals surface area contributed by atoms with Crippen molar-refractivity contribution in [3.05, 3.63) is 24.3 Å². The predicted molar refractivity (Wildman–Crippen MR) is 123 cm³/mol. The first-order chi connectivity index (χ1) is 15.4. The number of aliphatic hydroxyl groups is 1. The molecule has 0 bridgehead atoms. The van der Waals surface area contributed by atoms with Crippen LogP contribution in [0.15, 0.2) is 24.3 Å². The summed E-state index contributed by atoms with van der Waals surface area (Å²) in [6, 6.07) is -0.642. The second-order valence-electron chi connectivity index (χ2n) is 9.38. The number of esters is 1. The zero-order chi connectivity index (χ0) is 22.9. The molecule has 0 aromatic heterocycles. The molecule has 176 valence electrons. The zero-order valence-corrected chi connectivity index (χ0v) is 19.8. The van der Waals surface area contributed by atoms with Gasteiger partial charge in [0, 0.05) is 31.0 Å². The van der Waals surface area contributed by atoms with Gasteiger partial charge in [-0.15, -0.1) is 11.8 Å². The third-order valence-corrected chi connectivity index (χ3v) is 8.81. The Bertz CT molecular complexity index is 812. The van der Waals surface area contributed by atoms with Crippen LogP contribution in [0.25, 0.3) is 0 Å². The Labute approximate surface area is 194 Å². The summed E-state index contributed by atoms with van der Waals surface area (Å²) in [5.41, 5.74) is 0. The fourth-order valence-electron chi connectivity index (χ4n) is 5.53. The Kier molecular flexibility index (Phi) is 7.00. The third kappa shape index (κ3) is 3.89. The maximum Gasteiger partial charge on any atom is 0.311 e. The number of rotatable bonds is 5. The van der Waals surface area contributed by atoms with Crippen molar-refractivity contribution < 1.29 is 24.2 Å². The van der Waals surface area contributed by atoms with Crippen LogP contribution in [0.4, 0.5) is 0 Å². The van der Waals surface area contributed by atoms with Crippen molar-refractivity contribution in [1.29, 1.82) is 0 Å². The molecule has 0 aromatic carbocycles. The maximum absolute atomic E-state index is 13.8. The number of hydrogen-bond acceptors (Lipinski definition) is 6. The van der Waals surface area contributed by atoms with Crippen molar-refractivity contribution in [2.75, 3.05) is 26.3 Å². The van der Waals surface area contributed by atoms with Crippen LogP contribution in [-0.4, -0.2) is 81.1 Å². The van der Waals surface area contributed by atoms with E-state index in [4.69, 9.17) is 4.74 Å². The van der Waals surface area contributed by atoms with Gasteiger partial charge in [-0.1, -0.05) is 24.3 Å². The molecule has 7 nitrogen and oxygen atoms in total. The lowest BCUT2D eigenvalue weighted by atomic mass is 9.78. The number of cyclic esters (lactones) is 1. The second kappa shape index (κ2) is 9.59. The van der Waals surface area contributed by atoms with E-state index >= 15 is 0 Å². The van der Waals surface area contributed by atoms with Gasteiger partial charge in [0.2, 0.25) is 11.8 Å². The molecule has 32 heavy (non-hydrogen) atoms. The van der Waals surface area contributed by atoms with E-state index in [9.17, 15) is 19.5 Å². The highest BCUT2D eigenvalue weighted by molar-refractivity contribution is 8.02. The number of thioether (sulfide) groups is 1. The van der Waals surface area contributed by atoms with E-state index in [0.717, 1.165) is 19.3 Å². The van der Waals surface area contributed by atoms with Gasteiger partial charge in [-0.05, 0) is 46.0 Å². The lowest BCUT2D eigenvalue weighted by Gasteiger charge is -2.36. The van der Waals surface area contributed by atoms with Crippen LogP contribution in [0.1, 0.15) is 46.0 Å². The number of carbonyl (C=O) groups is 3. The van der Waals surface area contributed by atoms with Crippen molar-refractivity contribution in [2.24, 2.45) is 11.8 Å². The number of fused-ring (bicyclic) bond motifs is 2. The fourth-order valence-corrected chi connectivity index (χ4v) is 7.53. The Balaban J connectivity index is 1.78. The first kappa shape index (κ1) is 23.4. The number of unbranched alkanes of at least 4 members (excludes halogenated alkanes) is 1. The van der Waals surface area contributed by atoms with E-state index in [1.807, 2.05) is 30.9 Å². The molecule has 1 N–H and O–H groups in total. The highest BCUT2D eigenvalue weighted by Gasteiger charge is 2.70. The minimum absolute atomic E-state index is 0.00714. The molecule has 0 aromatic rings. The quantitative estimate of drug-likeness (QED) is 0.383. The molecule has 2 amide bonds. The van der Waals surface area contributed by atoms with Gasteiger partial charge in [-0.25, -0.2) is 0 Å². The molecule has 0 saturated carbocycles. The van der Waals surface area contributed by atoms with E-state index in [0.29, 0.717) is 32.5 Å². The number of carbonyl (C=O) groups excluding carboxylic acids is 3. The van der Waals surface area contributed by atoms with Crippen LogP contribution in [0, 0.1) is 11.8 Å². The molecule has 2 fully saturated rings. The highest BCUT2D eigenvalue weighted by atomic mass is 32.2. The molecular formula is C24H34N2O5S. The summed E-state index contributed by atoms with van der Waals surface area (Å²) in [4.78, 5) is 44.4. The van der Waals surface area contributed by atoms with Gasteiger partial charge >= 0.3 is 5.97 Å². The zero-order valence-electron chi connectivity index (χ0n) is 18.9. The summed E-state index contributed by atoms with van der Waals surface area (Å²) in [7, 11) is 0. The molecule has 1 spiro atoms. The molecule has 0 aliphatic carbocycles. The van der Waals surface area contributed by atoms with Crippen LogP contribution in [0.5, 0.6) is 0 Å². The van der Waals surface area contributed by atoms with Gasteiger partial charge in [0.05, 0.1) is 23.2 Å². The van der Waals surface area contributed by atoms with E-state index in [1.54, 1.807) is 16.7 Å². The van der Waals surface area contributed by atoms with Crippen molar-refractivity contribution in [2.45, 2.75) is 68.0 Å². The van der Waals surface area contributed by atoms with Gasteiger partial charge in [0.15, 0.2) is 0 Å². The molecule has 4 heterocycles. The largest absolute Gasteiger partial charge is 0.465 e. The molecule has 4 rings (SSSR count). The summed E-state index contributed by atoms with van der Waals surface area (Å²) in [5.74, 6) is -1.75. The predicted octanol–water partition coefficient (Wildman–Crippen LogP) is 2.15. The maximum atomic E-state index is 13.8. The van der Waals surface area contributed by atoms with Gasteiger partial charge in [-0.3, -0.25) is 14.4 Å². The Morgan fingerprint density at radius 1 is 1.19 bits per heavy atom. The first-order valence-corrected chi connectivity index (χ1v) is 12.7. The molecule has 4 aliphatic rings. The lowest BCUT2D eigenvalue weighted by Crippen LogP contribution is -2.54. The van der Waals surface area contributed by atoms with Gasteiger partial charge in [0.25, 0.3) is 0 Å². The smallest absolute Gasteiger partial charge is 0.311 e. The van der Waals surface area contributed by atoms with Gasteiger partial charge in [0.1, 0.15) is 6.04 Å². The summed E-state index contributed by atoms with van der Waals surface area (Å²) in [6.45, 7) is 5.28. The SMILES string of the molecule is CC(C)N1CC=C[C@]23S[C@H]4/C=C\CCCCOC(=O)[C@H]4[C@H]2C(=O)N(CCCCO)C3C1=O. The second-order valence-corrected chi connectivity index (χ2v) is 10.9. The Morgan fingerprint density at radius 2 is 2.00 bits per heavy atom. The number of ether oxygens (including phenoxy) is 1. The minimum Gasteiger partial charge on any atom is -0.465 e. The Morgan fingerprint density at radius 3 is 2.75 bits per heavy atom. The van der Waals surface area contributed by atoms with E-state index < -0.39 is 22.6 Å². The number of amides is 2. The molecule has 2 saturated heterocycles. The Hall–Kier alpha value is -1.80. The van der Waals surface area contributed by atoms with Crippen LogP contribution in [-0.2, 0) is 19.1 Å². The molecular weight excluding hydrogens is 428 g/mol. The topological polar surface area (TPSA) is 87.2 Å². The van der Waals surface area contributed by atoms with Crippen molar-refractivity contribution in [1.82, 2.24) is 9.80 Å². The van der Waals surface area contributed by atoms with Gasteiger partial charge in [-0.2, -0.15) is 0 Å². The lowest BCUT2D eigenvalue weighted by molar-refractivity contribution is -0.153. The van der Waals surface area contributed by atoms with E-state index in [2.05, 4.69) is 12.2 Å². The monoisotopic (exact) mass is 462 g/mol. The molecule has 1 unspecified atom stereocenters. The molecule has 5 atom stereocenters. The number of likely N-dealkylation sites (tertiary alicyclic amines) is 1. The van der Waals surface area contributed by atoms with Crippen LogP contribution in [0.3, 0.4) is 0 Å². The summed E-state index contributed by atoms with van der Waals surface area (Å²) < 4.78 is 4.82. The van der Waals surface area contributed by atoms with Crippen molar-refractivity contribution in [3.8, 4) is 0 Å². The normalized spacial score (nSPS) is 35.9. The highest BCUT2D eigenvalue weighted by Crippen LogP contribution is 2.60. The summed E-state index contributed by atoms with van der Waals surface area (Å²) in [5, 5.41) is 9.05. The minimum atomic E-state index is -0.788. The number of aliphatic hydroxyl groups excluding tert-OH is 1. The number of allylic oxidation sites excluding steroid dienone is 1. The molecule has 8 heteroatoms. The molecule has 0 radical (unpaired) electrons. The van der Waals surface area contributed by atoms with Crippen molar-refractivity contribution in [3.63, 3.8) is 0 Å². The third-order valence-electron chi connectivity index (χ3n) is 7.06. The van der Waals surface area contributed by atoms with E-state index in [1.165, 1.54) is 0 Å². The average molecular weight is 463 g/mol. The standard InChI is InChI=1S/C24H34N2O5S/c1-16(2)25-13-9-11-24-19(21(28)26(12-6-7-14-27)20(24)22(25)29)18-17(32-24)10-5-3-4-8-15-31-23(18)30/h5,9-11,16-20,27H,3-4,6-8,12-15H2,1-2H3/b10-5-/t17-,18+,19-,20?,24-/m0/s1. The summed E-state index contributed by atoms with van der Waals surface area (Å²) >= 11 is 1.58. The first-order valence-electron chi connectivity index (χ1n) is 11.8. The average Bonchev–Trinajstić information content (AvgIpc) is 3.13. The molecule has 4 aliphatic heterocycles. The fraction of sp³-hybridized carbons (Fsp3) is 0.708. The van der Waals surface area contributed by atoms with Crippen molar-refractivity contribution >= 4 is 29.5 Å². The number of nitrogens with zero attached hydrogens (tertiary/aromatic N) is 2. The van der Waals surface area contributed by atoms with E-state index in [-0.39, 0.29) is 35.7 Å². The van der Waals surface area contributed by atoms with Crippen LogP contribution in [0.2, 0.25) is 0 Å². The number of hydrogen-bond donors (Lipinski definition) is 1. The van der Waals surface area contributed by atoms with Crippen LogP contribution < -0.4 is 0 Å².